The minimum atomic E-state index is -4.50. The van der Waals surface area contributed by atoms with Crippen molar-refractivity contribution in [3.8, 4) is 0 Å². The average molecular weight is 307 g/mol. The van der Waals surface area contributed by atoms with Gasteiger partial charge in [-0.2, -0.15) is 13.2 Å². The maximum absolute atomic E-state index is 12.5. The lowest BCUT2D eigenvalue weighted by Gasteiger charge is -2.22. The van der Waals surface area contributed by atoms with Gasteiger partial charge in [0.1, 0.15) is 0 Å². The highest BCUT2D eigenvalue weighted by Gasteiger charge is 2.55. The van der Waals surface area contributed by atoms with E-state index < -0.39 is 22.6 Å². The van der Waals surface area contributed by atoms with Gasteiger partial charge in [0.05, 0.1) is 5.41 Å². The Morgan fingerprint density at radius 3 is 2.75 bits per heavy atom. The lowest BCUT2D eigenvalue weighted by atomic mass is 9.81. The Balaban J connectivity index is 1.84. The van der Waals surface area contributed by atoms with Crippen molar-refractivity contribution in [3.05, 3.63) is 5.01 Å². The largest absolute Gasteiger partial charge is 0.481 e. The Morgan fingerprint density at radius 1 is 1.45 bits per heavy atom. The molecule has 0 amide bonds. The molecule has 20 heavy (non-hydrogen) atoms. The van der Waals surface area contributed by atoms with Gasteiger partial charge in [-0.15, -0.1) is 10.2 Å². The first-order valence-electron chi connectivity index (χ1n) is 6.22. The number of halogens is 3. The summed E-state index contributed by atoms with van der Waals surface area (Å²) < 4.78 is 37.6. The summed E-state index contributed by atoms with van der Waals surface area (Å²) in [7, 11) is 0. The van der Waals surface area contributed by atoms with Crippen molar-refractivity contribution in [2.75, 3.05) is 18.0 Å². The van der Waals surface area contributed by atoms with E-state index in [2.05, 4.69) is 10.2 Å². The molecular formula is C11H12F3N3O2S. The zero-order valence-electron chi connectivity index (χ0n) is 10.4. The van der Waals surface area contributed by atoms with Crippen molar-refractivity contribution in [1.82, 2.24) is 10.2 Å². The number of alkyl halides is 3. The Bertz CT molecular complexity index is 547. The monoisotopic (exact) mass is 307 g/mol. The number of aromatic nitrogens is 2. The van der Waals surface area contributed by atoms with Gasteiger partial charge in [-0.05, 0) is 18.8 Å². The molecule has 0 radical (unpaired) electrons. The highest BCUT2D eigenvalue weighted by atomic mass is 32.1. The minimum Gasteiger partial charge on any atom is -0.481 e. The topological polar surface area (TPSA) is 66.3 Å². The van der Waals surface area contributed by atoms with E-state index in [1.165, 1.54) is 0 Å². The van der Waals surface area contributed by atoms with Crippen molar-refractivity contribution < 1.29 is 23.1 Å². The molecule has 9 heteroatoms. The van der Waals surface area contributed by atoms with Crippen LogP contribution in [0, 0.1) is 11.3 Å². The van der Waals surface area contributed by atoms with Crippen LogP contribution in [-0.2, 0) is 11.0 Å². The summed E-state index contributed by atoms with van der Waals surface area (Å²) in [6, 6.07) is 0. The summed E-state index contributed by atoms with van der Waals surface area (Å²) in [5.41, 5.74) is -0.829. The van der Waals surface area contributed by atoms with E-state index >= 15 is 0 Å². The van der Waals surface area contributed by atoms with Crippen molar-refractivity contribution in [1.29, 1.82) is 0 Å². The first-order valence-corrected chi connectivity index (χ1v) is 7.03. The van der Waals surface area contributed by atoms with E-state index in [1.54, 1.807) is 4.90 Å². The van der Waals surface area contributed by atoms with E-state index in [9.17, 15) is 23.1 Å². The van der Waals surface area contributed by atoms with Crippen LogP contribution in [0.4, 0.5) is 18.3 Å². The number of carboxylic acid groups (broad SMARTS) is 1. The standard InChI is InChI=1S/C11H12F3N3O2S/c12-11(13,14)7-15-16-9(20-7)17-4-6-2-1-3-10(6,5-17)8(18)19/h6H,1-5H2,(H,18,19)/t6-,10+/m0/s1. The van der Waals surface area contributed by atoms with Gasteiger partial charge in [0, 0.05) is 13.1 Å². The Hall–Kier alpha value is -1.38. The molecule has 0 aromatic carbocycles. The summed E-state index contributed by atoms with van der Waals surface area (Å²) >= 11 is 0.472. The first-order chi connectivity index (χ1) is 9.33. The summed E-state index contributed by atoms with van der Waals surface area (Å²) in [6.45, 7) is 0.665. The number of aliphatic carboxylic acids is 1. The molecule has 1 aliphatic heterocycles. The van der Waals surface area contributed by atoms with Crippen molar-refractivity contribution in [2.45, 2.75) is 25.4 Å². The molecule has 1 N–H and O–H groups in total. The van der Waals surface area contributed by atoms with Crippen molar-refractivity contribution in [2.24, 2.45) is 11.3 Å². The number of carbonyl (C=O) groups is 1. The summed E-state index contributed by atoms with van der Waals surface area (Å²) in [6.07, 6.45) is -2.27. The van der Waals surface area contributed by atoms with Gasteiger partial charge in [0.25, 0.3) is 0 Å². The second-order valence-electron chi connectivity index (χ2n) is 5.32. The van der Waals surface area contributed by atoms with Crippen LogP contribution in [0.3, 0.4) is 0 Å². The van der Waals surface area contributed by atoms with Crippen molar-refractivity contribution in [3.63, 3.8) is 0 Å². The van der Waals surface area contributed by atoms with Crippen LogP contribution in [0.2, 0.25) is 0 Å². The van der Waals surface area contributed by atoms with Crippen LogP contribution in [-0.4, -0.2) is 34.4 Å². The molecule has 2 aliphatic rings. The number of hydrogen-bond donors (Lipinski definition) is 1. The van der Waals surface area contributed by atoms with Crippen LogP contribution >= 0.6 is 11.3 Å². The number of fused-ring (bicyclic) bond motifs is 1. The van der Waals surface area contributed by atoms with Crippen LogP contribution < -0.4 is 4.90 Å². The second kappa shape index (κ2) is 4.31. The van der Waals surface area contributed by atoms with Crippen LogP contribution in [0.1, 0.15) is 24.3 Å². The Kier molecular flexibility index (Phi) is 2.93. The lowest BCUT2D eigenvalue weighted by molar-refractivity contribution is -0.149. The van der Waals surface area contributed by atoms with Gasteiger partial charge in [0.2, 0.25) is 10.1 Å². The van der Waals surface area contributed by atoms with E-state index in [4.69, 9.17) is 0 Å². The minimum absolute atomic E-state index is 0.0155. The van der Waals surface area contributed by atoms with Crippen LogP contribution in [0.5, 0.6) is 0 Å². The van der Waals surface area contributed by atoms with Crippen LogP contribution in [0.25, 0.3) is 0 Å². The molecule has 1 aliphatic carbocycles. The third-order valence-corrected chi connectivity index (χ3v) is 5.25. The van der Waals surface area contributed by atoms with Gasteiger partial charge in [0.15, 0.2) is 0 Å². The first kappa shape index (κ1) is 13.6. The quantitative estimate of drug-likeness (QED) is 0.907. The fourth-order valence-electron chi connectivity index (χ4n) is 3.24. The highest BCUT2D eigenvalue weighted by molar-refractivity contribution is 7.15. The molecule has 1 aromatic rings. The normalized spacial score (nSPS) is 29.8. The molecule has 5 nitrogen and oxygen atoms in total. The summed E-state index contributed by atoms with van der Waals surface area (Å²) in [4.78, 5) is 13.1. The van der Waals surface area contributed by atoms with E-state index in [0.29, 0.717) is 24.3 Å². The maximum Gasteiger partial charge on any atom is 0.445 e. The van der Waals surface area contributed by atoms with E-state index in [1.807, 2.05) is 0 Å². The predicted octanol–water partition coefficient (Wildman–Crippen LogP) is 2.25. The molecule has 1 aromatic heterocycles. The lowest BCUT2D eigenvalue weighted by Crippen LogP contribution is -2.35. The Morgan fingerprint density at radius 2 is 2.20 bits per heavy atom. The van der Waals surface area contributed by atoms with Crippen LogP contribution in [0.15, 0.2) is 0 Å². The Labute approximate surface area is 116 Å². The van der Waals surface area contributed by atoms with Crippen molar-refractivity contribution >= 4 is 22.4 Å². The molecule has 0 spiro atoms. The molecular weight excluding hydrogens is 295 g/mol. The molecule has 0 unspecified atom stereocenters. The van der Waals surface area contributed by atoms with Gasteiger partial charge in [-0.25, -0.2) is 0 Å². The van der Waals surface area contributed by atoms with Gasteiger partial charge in [-0.1, -0.05) is 17.8 Å². The third kappa shape index (κ3) is 1.95. The number of anilines is 1. The molecule has 3 rings (SSSR count). The highest BCUT2D eigenvalue weighted by Crippen LogP contribution is 2.50. The number of rotatable bonds is 2. The number of carboxylic acids is 1. The number of hydrogen-bond acceptors (Lipinski definition) is 5. The molecule has 1 saturated carbocycles. The predicted molar refractivity (Wildman–Crippen MR) is 64.5 cm³/mol. The molecule has 2 fully saturated rings. The molecule has 0 bridgehead atoms. The SMILES string of the molecule is O=C(O)[C@@]12CCC[C@H]1CN(c1nnc(C(F)(F)F)s1)C2. The van der Waals surface area contributed by atoms with Gasteiger partial charge >= 0.3 is 12.1 Å². The number of nitrogens with zero attached hydrogens (tertiary/aromatic N) is 3. The fourth-order valence-corrected chi connectivity index (χ4v) is 3.96. The zero-order valence-corrected chi connectivity index (χ0v) is 11.2. The van der Waals surface area contributed by atoms with Gasteiger partial charge < -0.3 is 10.0 Å². The molecule has 2 heterocycles. The van der Waals surface area contributed by atoms with E-state index in [-0.39, 0.29) is 17.6 Å². The summed E-state index contributed by atoms with van der Waals surface area (Å²) in [5, 5.41) is 15.3. The second-order valence-corrected chi connectivity index (χ2v) is 6.27. The maximum atomic E-state index is 12.5. The van der Waals surface area contributed by atoms with Gasteiger partial charge in [-0.3, -0.25) is 4.79 Å². The average Bonchev–Trinajstić information content (AvgIpc) is 3.00. The molecule has 110 valence electrons. The summed E-state index contributed by atoms with van der Waals surface area (Å²) in [5.74, 6) is -0.874. The third-order valence-electron chi connectivity index (χ3n) is 4.22. The molecule has 1 saturated heterocycles. The molecule has 2 atom stereocenters. The smallest absolute Gasteiger partial charge is 0.445 e. The fraction of sp³-hybridized carbons (Fsp3) is 0.727. The van der Waals surface area contributed by atoms with E-state index in [0.717, 1.165) is 12.8 Å². The zero-order chi connectivity index (χ0) is 14.5.